The first-order valence-electron chi connectivity index (χ1n) is 7.63. The number of amides is 1. The second kappa shape index (κ2) is 6.75. The van der Waals surface area contributed by atoms with Gasteiger partial charge in [-0.2, -0.15) is 0 Å². The molecule has 0 bridgehead atoms. The molecule has 1 amide bonds. The summed E-state index contributed by atoms with van der Waals surface area (Å²) in [5.41, 5.74) is 3.81. The number of carbonyl (C=O) groups excluding carboxylic acids is 1. The third-order valence-corrected chi connectivity index (χ3v) is 4.71. The van der Waals surface area contributed by atoms with E-state index in [0.717, 1.165) is 36.7 Å². The average Bonchev–Trinajstić information content (AvgIpc) is 2.75. The Labute approximate surface area is 130 Å². The first kappa shape index (κ1) is 15.6. The summed E-state index contributed by atoms with van der Waals surface area (Å²) in [5.74, 6) is 0.458. The zero-order valence-corrected chi connectivity index (χ0v) is 14.2. The lowest BCUT2D eigenvalue weighted by Crippen LogP contribution is -2.39. The van der Waals surface area contributed by atoms with Crippen LogP contribution in [0.25, 0.3) is 0 Å². The normalized spacial score (nSPS) is 17.6. The second-order valence-corrected chi connectivity index (χ2v) is 6.47. The summed E-state index contributed by atoms with van der Waals surface area (Å²) < 4.78 is 0. The smallest absolute Gasteiger partial charge is 0.230 e. The molecule has 0 N–H and O–H groups in total. The van der Waals surface area contributed by atoms with Crippen LogP contribution >= 0.6 is 15.9 Å². The highest BCUT2D eigenvalue weighted by Gasteiger charge is 2.33. The molecule has 2 nitrogen and oxygen atoms in total. The summed E-state index contributed by atoms with van der Waals surface area (Å²) in [6.45, 7) is 6.37. The Balaban J connectivity index is 2.28. The van der Waals surface area contributed by atoms with Crippen molar-refractivity contribution >= 4 is 27.5 Å². The monoisotopic (exact) mass is 337 g/mol. The van der Waals surface area contributed by atoms with Crippen molar-refractivity contribution in [2.45, 2.75) is 52.5 Å². The minimum atomic E-state index is 0.158. The highest BCUT2D eigenvalue weighted by molar-refractivity contribution is 9.09. The summed E-state index contributed by atoms with van der Waals surface area (Å²) in [6.07, 6.45) is 3.88. The number of anilines is 1. The highest BCUT2D eigenvalue weighted by atomic mass is 79.9. The predicted molar refractivity (Wildman–Crippen MR) is 88.7 cm³/mol. The second-order valence-electron chi connectivity index (χ2n) is 5.68. The molecule has 3 heteroatoms. The number of hydrogen-bond acceptors (Lipinski definition) is 1. The molecule has 2 rings (SSSR count). The van der Waals surface area contributed by atoms with Gasteiger partial charge < -0.3 is 4.90 Å². The Hall–Kier alpha value is -0.830. The van der Waals surface area contributed by atoms with Crippen molar-refractivity contribution in [1.82, 2.24) is 0 Å². The first-order valence-corrected chi connectivity index (χ1v) is 8.75. The van der Waals surface area contributed by atoms with E-state index in [4.69, 9.17) is 0 Å². The SMILES string of the molecule is CCC(CC)C(=O)N1c2ccc(CCBr)cc2CC1C. The van der Waals surface area contributed by atoms with Gasteiger partial charge in [0.05, 0.1) is 0 Å². The van der Waals surface area contributed by atoms with Crippen LogP contribution < -0.4 is 4.90 Å². The zero-order valence-electron chi connectivity index (χ0n) is 12.7. The van der Waals surface area contributed by atoms with E-state index in [0.29, 0.717) is 5.91 Å². The van der Waals surface area contributed by atoms with Crippen LogP contribution in [0.15, 0.2) is 18.2 Å². The molecule has 1 aromatic rings. The fourth-order valence-electron chi connectivity index (χ4n) is 3.12. The van der Waals surface area contributed by atoms with Crippen molar-refractivity contribution in [3.8, 4) is 0 Å². The number of aryl methyl sites for hydroxylation is 1. The van der Waals surface area contributed by atoms with Crippen molar-refractivity contribution in [3.63, 3.8) is 0 Å². The molecule has 1 atom stereocenters. The van der Waals surface area contributed by atoms with Gasteiger partial charge in [-0.3, -0.25) is 4.79 Å². The van der Waals surface area contributed by atoms with E-state index in [-0.39, 0.29) is 12.0 Å². The predicted octanol–water partition coefficient (Wildman–Crippen LogP) is 4.34. The average molecular weight is 338 g/mol. The summed E-state index contributed by atoms with van der Waals surface area (Å²) >= 11 is 3.49. The van der Waals surface area contributed by atoms with Crippen molar-refractivity contribution in [2.24, 2.45) is 5.92 Å². The fraction of sp³-hybridized carbons (Fsp3) is 0.588. The molecule has 1 unspecified atom stereocenters. The lowest BCUT2D eigenvalue weighted by atomic mass is 10.0. The van der Waals surface area contributed by atoms with Gasteiger partial charge in [0.1, 0.15) is 0 Å². The van der Waals surface area contributed by atoms with E-state index in [9.17, 15) is 4.79 Å². The minimum Gasteiger partial charge on any atom is -0.309 e. The topological polar surface area (TPSA) is 20.3 Å². The quantitative estimate of drug-likeness (QED) is 0.732. The molecule has 1 aliphatic rings. The molecule has 1 heterocycles. The Morgan fingerprint density at radius 2 is 2.10 bits per heavy atom. The Kier molecular flexibility index (Phi) is 5.25. The van der Waals surface area contributed by atoms with Gasteiger partial charge in [0.25, 0.3) is 0 Å². The van der Waals surface area contributed by atoms with Crippen LogP contribution in [-0.4, -0.2) is 17.3 Å². The summed E-state index contributed by atoms with van der Waals surface area (Å²) in [4.78, 5) is 14.7. The van der Waals surface area contributed by atoms with Crippen LogP contribution in [0.3, 0.4) is 0 Å². The maximum absolute atomic E-state index is 12.7. The summed E-state index contributed by atoms with van der Waals surface area (Å²) in [5, 5.41) is 0.984. The van der Waals surface area contributed by atoms with Crippen LogP contribution in [0.2, 0.25) is 0 Å². The van der Waals surface area contributed by atoms with Crippen LogP contribution in [0.1, 0.15) is 44.7 Å². The maximum Gasteiger partial charge on any atom is 0.230 e. The van der Waals surface area contributed by atoms with E-state index in [1.807, 2.05) is 4.90 Å². The van der Waals surface area contributed by atoms with E-state index in [1.165, 1.54) is 11.1 Å². The Morgan fingerprint density at radius 1 is 1.40 bits per heavy atom. The highest BCUT2D eigenvalue weighted by Crippen LogP contribution is 2.34. The number of hydrogen-bond donors (Lipinski definition) is 0. The number of alkyl halides is 1. The molecule has 0 radical (unpaired) electrons. The Bertz CT molecular complexity index is 482. The summed E-state index contributed by atoms with van der Waals surface area (Å²) in [7, 11) is 0. The maximum atomic E-state index is 12.7. The third-order valence-electron chi connectivity index (χ3n) is 4.31. The van der Waals surface area contributed by atoms with Gasteiger partial charge in [-0.25, -0.2) is 0 Å². The largest absolute Gasteiger partial charge is 0.309 e. The molecule has 110 valence electrons. The number of nitrogens with zero attached hydrogens (tertiary/aromatic N) is 1. The van der Waals surface area contributed by atoms with Crippen molar-refractivity contribution in [1.29, 1.82) is 0 Å². The van der Waals surface area contributed by atoms with Gasteiger partial charge in [-0.1, -0.05) is 41.9 Å². The van der Waals surface area contributed by atoms with Crippen LogP contribution in [-0.2, 0) is 17.6 Å². The molecular formula is C17H24BrNO. The molecule has 0 saturated heterocycles. The minimum absolute atomic E-state index is 0.158. The Morgan fingerprint density at radius 3 is 2.70 bits per heavy atom. The van der Waals surface area contributed by atoms with Crippen molar-refractivity contribution in [3.05, 3.63) is 29.3 Å². The zero-order chi connectivity index (χ0) is 14.7. The van der Waals surface area contributed by atoms with E-state index in [2.05, 4.69) is 54.9 Å². The van der Waals surface area contributed by atoms with Gasteiger partial charge in [-0.05, 0) is 49.8 Å². The van der Waals surface area contributed by atoms with E-state index in [1.54, 1.807) is 0 Å². The third kappa shape index (κ3) is 2.93. The lowest BCUT2D eigenvalue weighted by Gasteiger charge is -2.26. The van der Waals surface area contributed by atoms with Gasteiger partial charge >= 0.3 is 0 Å². The van der Waals surface area contributed by atoms with Crippen LogP contribution in [0, 0.1) is 5.92 Å². The number of rotatable bonds is 5. The molecule has 0 saturated carbocycles. The molecule has 1 aromatic carbocycles. The molecule has 0 fully saturated rings. The molecule has 20 heavy (non-hydrogen) atoms. The van der Waals surface area contributed by atoms with Gasteiger partial charge in [0.15, 0.2) is 0 Å². The summed E-state index contributed by atoms with van der Waals surface area (Å²) in [6, 6.07) is 6.85. The molecule has 1 aliphatic heterocycles. The molecule has 0 spiro atoms. The van der Waals surface area contributed by atoms with Gasteiger partial charge in [-0.15, -0.1) is 0 Å². The number of halogens is 1. The number of benzene rings is 1. The fourth-order valence-corrected chi connectivity index (χ4v) is 3.58. The van der Waals surface area contributed by atoms with E-state index < -0.39 is 0 Å². The number of fused-ring (bicyclic) bond motifs is 1. The van der Waals surface area contributed by atoms with Gasteiger partial charge in [0.2, 0.25) is 5.91 Å². The van der Waals surface area contributed by atoms with Crippen LogP contribution in [0.5, 0.6) is 0 Å². The van der Waals surface area contributed by atoms with Crippen molar-refractivity contribution < 1.29 is 4.79 Å². The lowest BCUT2D eigenvalue weighted by molar-refractivity contribution is -0.122. The molecular weight excluding hydrogens is 314 g/mol. The number of carbonyl (C=O) groups is 1. The van der Waals surface area contributed by atoms with Crippen LogP contribution in [0.4, 0.5) is 5.69 Å². The van der Waals surface area contributed by atoms with E-state index >= 15 is 0 Å². The molecule has 0 aliphatic carbocycles. The van der Waals surface area contributed by atoms with Gasteiger partial charge in [0, 0.05) is 23.0 Å². The molecule has 0 aromatic heterocycles. The van der Waals surface area contributed by atoms with Crippen molar-refractivity contribution in [2.75, 3.05) is 10.2 Å². The standard InChI is InChI=1S/C17H24BrNO/c1-4-14(5-2)17(20)19-12(3)10-15-11-13(8-9-18)6-7-16(15)19/h6-7,11-12,14H,4-5,8-10H2,1-3H3. The first-order chi connectivity index (χ1) is 9.62.